The van der Waals surface area contributed by atoms with Crippen molar-refractivity contribution in [3.8, 4) is 0 Å². The maximum Gasteiger partial charge on any atom is 0.214 e. The van der Waals surface area contributed by atoms with Crippen LogP contribution in [0.1, 0.15) is 18.4 Å². The van der Waals surface area contributed by atoms with Gasteiger partial charge in [0.1, 0.15) is 11.3 Å². The molecule has 1 aliphatic rings. The fraction of sp³-hybridized carbons (Fsp3) is 0.263. The molecule has 1 saturated carbocycles. The van der Waals surface area contributed by atoms with Crippen LogP contribution < -0.4 is 15.4 Å². The Hall–Kier alpha value is -3.03. The molecule has 5 N–H and O–H groups in total. The van der Waals surface area contributed by atoms with E-state index in [1.807, 2.05) is 0 Å². The van der Waals surface area contributed by atoms with Gasteiger partial charge in [-0.15, -0.1) is 0 Å². The molecular weight excluding hydrogens is 485 g/mol. The maximum atomic E-state index is 14.4. The second-order valence-corrected chi connectivity index (χ2v) is 9.75. The molecule has 0 aliphatic heterocycles. The molecule has 9 nitrogen and oxygen atoms in total. The number of rotatable bonds is 8. The standard InChI is InChI=1S/C19H18ClF3N6O3S/c20-12-7-9(1-4-13(12)21)26-18(29-30)11-8-14(22)15(23)17-16(11)27-19(28-17)24-5-6-25-33(31,32)10-2-3-10/h1,4,7-8,10,25,30H,2-3,5-6H2,(H,26,29)(H2,24,27,28). The summed E-state index contributed by atoms with van der Waals surface area (Å²) in [6.07, 6.45) is 1.26. The van der Waals surface area contributed by atoms with Gasteiger partial charge in [0.2, 0.25) is 16.0 Å². The molecule has 176 valence electrons. The number of amidine groups is 1. The molecule has 0 unspecified atom stereocenters. The number of nitrogens with one attached hydrogen (secondary N) is 4. The maximum absolute atomic E-state index is 14.4. The fourth-order valence-electron chi connectivity index (χ4n) is 3.10. The van der Waals surface area contributed by atoms with Crippen LogP contribution in [0.3, 0.4) is 0 Å². The highest BCUT2D eigenvalue weighted by molar-refractivity contribution is 7.90. The number of H-pyrrole nitrogens is 1. The smallest absolute Gasteiger partial charge is 0.214 e. The van der Waals surface area contributed by atoms with E-state index in [-0.39, 0.29) is 57.4 Å². The van der Waals surface area contributed by atoms with Gasteiger partial charge in [0.25, 0.3) is 0 Å². The van der Waals surface area contributed by atoms with Crippen molar-refractivity contribution in [2.75, 3.05) is 23.7 Å². The summed E-state index contributed by atoms with van der Waals surface area (Å²) in [7, 11) is -3.35. The van der Waals surface area contributed by atoms with Crippen molar-refractivity contribution in [3.05, 3.63) is 52.3 Å². The lowest BCUT2D eigenvalue weighted by atomic mass is 10.1. The van der Waals surface area contributed by atoms with Gasteiger partial charge in [-0.1, -0.05) is 16.8 Å². The van der Waals surface area contributed by atoms with Crippen molar-refractivity contribution in [3.63, 3.8) is 0 Å². The Morgan fingerprint density at radius 2 is 1.97 bits per heavy atom. The van der Waals surface area contributed by atoms with Gasteiger partial charge >= 0.3 is 0 Å². The highest BCUT2D eigenvalue weighted by atomic mass is 35.5. The number of anilines is 2. The van der Waals surface area contributed by atoms with E-state index in [4.69, 9.17) is 11.6 Å². The van der Waals surface area contributed by atoms with Gasteiger partial charge in [-0.25, -0.2) is 31.3 Å². The molecule has 4 rings (SSSR count). The molecule has 1 aromatic heterocycles. The number of fused-ring (bicyclic) bond motifs is 1. The summed E-state index contributed by atoms with van der Waals surface area (Å²) >= 11 is 5.75. The van der Waals surface area contributed by atoms with Crippen LogP contribution in [0.25, 0.3) is 11.0 Å². The van der Waals surface area contributed by atoms with E-state index in [2.05, 4.69) is 30.5 Å². The van der Waals surface area contributed by atoms with Crippen molar-refractivity contribution in [1.82, 2.24) is 14.7 Å². The quantitative estimate of drug-likeness (QED) is 0.105. The van der Waals surface area contributed by atoms with E-state index in [0.29, 0.717) is 12.8 Å². The van der Waals surface area contributed by atoms with Crippen LogP contribution >= 0.6 is 11.6 Å². The van der Waals surface area contributed by atoms with E-state index in [0.717, 1.165) is 12.1 Å². The van der Waals surface area contributed by atoms with Gasteiger partial charge in [-0.05, 0) is 37.1 Å². The second kappa shape index (κ2) is 9.08. The number of nitrogens with zero attached hydrogens (tertiary/aromatic N) is 2. The van der Waals surface area contributed by atoms with Gasteiger partial charge in [-0.3, -0.25) is 0 Å². The Kier molecular flexibility index (Phi) is 6.36. The number of benzene rings is 2. The van der Waals surface area contributed by atoms with E-state index in [1.54, 1.807) is 0 Å². The van der Waals surface area contributed by atoms with Crippen LogP contribution in [0.15, 0.2) is 29.4 Å². The summed E-state index contributed by atoms with van der Waals surface area (Å²) in [6, 6.07) is 4.42. The Bertz CT molecular complexity index is 1340. The SMILES string of the molecule is O=S(=O)(NCCNc1nc2c(F)c(F)cc(/C(=N/O)Nc3ccc(F)c(Cl)c3)c2[nH]1)C1CC1. The molecule has 0 spiro atoms. The minimum atomic E-state index is -3.35. The zero-order chi connectivity index (χ0) is 23.8. The molecule has 1 aliphatic carbocycles. The summed E-state index contributed by atoms with van der Waals surface area (Å²) in [6.45, 7) is 0.189. The molecule has 14 heteroatoms. The summed E-state index contributed by atoms with van der Waals surface area (Å²) in [4.78, 5) is 6.73. The molecule has 0 atom stereocenters. The van der Waals surface area contributed by atoms with E-state index < -0.39 is 27.5 Å². The van der Waals surface area contributed by atoms with Crippen molar-refractivity contribution in [2.45, 2.75) is 18.1 Å². The first-order valence-electron chi connectivity index (χ1n) is 9.74. The molecule has 33 heavy (non-hydrogen) atoms. The molecule has 0 radical (unpaired) electrons. The number of hydrogen-bond donors (Lipinski definition) is 5. The molecule has 3 aromatic rings. The third-order valence-electron chi connectivity index (χ3n) is 4.88. The van der Waals surface area contributed by atoms with Crippen LogP contribution in [0, 0.1) is 17.5 Å². The lowest BCUT2D eigenvalue weighted by Crippen LogP contribution is -2.31. The van der Waals surface area contributed by atoms with Gasteiger partial charge in [0.15, 0.2) is 17.5 Å². The zero-order valence-corrected chi connectivity index (χ0v) is 18.4. The third-order valence-corrected chi connectivity index (χ3v) is 7.13. The van der Waals surface area contributed by atoms with E-state index in [1.165, 1.54) is 12.1 Å². The molecule has 1 fully saturated rings. The first-order valence-corrected chi connectivity index (χ1v) is 11.7. The molecule has 0 bridgehead atoms. The summed E-state index contributed by atoms with van der Waals surface area (Å²) in [5, 5.41) is 17.5. The Morgan fingerprint density at radius 3 is 2.64 bits per heavy atom. The number of halogens is 4. The predicted molar refractivity (Wildman–Crippen MR) is 118 cm³/mol. The average Bonchev–Trinajstić information content (AvgIpc) is 3.56. The van der Waals surface area contributed by atoms with Crippen molar-refractivity contribution in [1.29, 1.82) is 0 Å². The van der Waals surface area contributed by atoms with Crippen LogP contribution in [-0.4, -0.2) is 47.8 Å². The number of aromatic nitrogens is 2. The minimum Gasteiger partial charge on any atom is -0.409 e. The van der Waals surface area contributed by atoms with Crippen LogP contribution in [0.5, 0.6) is 0 Å². The van der Waals surface area contributed by atoms with Crippen LogP contribution in [-0.2, 0) is 10.0 Å². The highest BCUT2D eigenvalue weighted by Gasteiger charge is 2.35. The largest absolute Gasteiger partial charge is 0.409 e. The number of imidazole rings is 1. The fourth-order valence-corrected chi connectivity index (χ4v) is 4.66. The number of sulfonamides is 1. The number of oxime groups is 1. The first-order chi connectivity index (χ1) is 15.7. The van der Waals surface area contributed by atoms with Crippen LogP contribution in [0.2, 0.25) is 5.02 Å². The van der Waals surface area contributed by atoms with Gasteiger partial charge in [0.05, 0.1) is 15.8 Å². The third kappa shape index (κ3) is 4.99. The summed E-state index contributed by atoms with van der Waals surface area (Å²) in [5.41, 5.74) is -0.204. The number of aromatic amines is 1. The van der Waals surface area contributed by atoms with Crippen LogP contribution in [0.4, 0.5) is 24.8 Å². The summed E-state index contributed by atoms with van der Waals surface area (Å²) < 4.78 is 68.1. The molecular formula is C19H18ClF3N6O3S. The Morgan fingerprint density at radius 1 is 1.21 bits per heavy atom. The minimum absolute atomic E-state index is 0.00321. The van der Waals surface area contributed by atoms with Crippen molar-refractivity contribution >= 4 is 50.1 Å². The molecule has 0 amide bonds. The Balaban J connectivity index is 1.56. The second-order valence-electron chi connectivity index (χ2n) is 7.30. The van der Waals surface area contributed by atoms with E-state index in [9.17, 15) is 26.8 Å². The first kappa shape index (κ1) is 23.1. The van der Waals surface area contributed by atoms with Gasteiger partial charge in [-0.2, -0.15) is 0 Å². The highest BCUT2D eigenvalue weighted by Crippen LogP contribution is 2.28. The van der Waals surface area contributed by atoms with Gasteiger partial charge < -0.3 is 20.8 Å². The topological polar surface area (TPSA) is 132 Å². The normalized spacial score (nSPS) is 14.6. The average molecular weight is 503 g/mol. The Labute approximate surface area is 191 Å². The molecule has 2 aromatic carbocycles. The van der Waals surface area contributed by atoms with E-state index >= 15 is 0 Å². The molecule has 1 heterocycles. The molecule has 0 saturated heterocycles. The summed E-state index contributed by atoms with van der Waals surface area (Å²) in [5.74, 6) is -3.37. The van der Waals surface area contributed by atoms with Gasteiger partial charge in [0, 0.05) is 24.3 Å². The van der Waals surface area contributed by atoms with Crippen molar-refractivity contribution < 1.29 is 26.8 Å². The lowest BCUT2D eigenvalue weighted by molar-refractivity contribution is 0.319. The number of hydrogen-bond acceptors (Lipinski definition) is 6. The lowest BCUT2D eigenvalue weighted by Gasteiger charge is -2.10. The monoisotopic (exact) mass is 502 g/mol. The predicted octanol–water partition coefficient (Wildman–Crippen LogP) is 3.38. The zero-order valence-electron chi connectivity index (χ0n) is 16.8. The van der Waals surface area contributed by atoms with Crippen molar-refractivity contribution in [2.24, 2.45) is 5.16 Å².